The van der Waals surface area contributed by atoms with Crippen LogP contribution in [0.25, 0.3) is 0 Å². The fourth-order valence-corrected chi connectivity index (χ4v) is 2.43. The van der Waals surface area contributed by atoms with E-state index in [0.29, 0.717) is 12.1 Å². The summed E-state index contributed by atoms with van der Waals surface area (Å²) in [6.07, 6.45) is 6.69. The molecule has 15 heavy (non-hydrogen) atoms. The van der Waals surface area contributed by atoms with Gasteiger partial charge in [0.2, 0.25) is 0 Å². The third-order valence-electron chi connectivity index (χ3n) is 3.04. The fourth-order valence-electron chi connectivity index (χ4n) is 2.43. The molecule has 2 heteroatoms. The average molecular weight is 212 g/mol. The van der Waals surface area contributed by atoms with Crippen molar-refractivity contribution >= 4 is 0 Å². The maximum atomic E-state index is 3.75. The van der Waals surface area contributed by atoms with E-state index in [0.717, 1.165) is 6.54 Å². The molecule has 0 saturated heterocycles. The summed E-state index contributed by atoms with van der Waals surface area (Å²) >= 11 is 0. The average Bonchev–Trinajstić information content (AvgIpc) is 2.14. The summed E-state index contributed by atoms with van der Waals surface area (Å²) < 4.78 is 0. The van der Waals surface area contributed by atoms with Crippen molar-refractivity contribution < 1.29 is 0 Å². The van der Waals surface area contributed by atoms with E-state index >= 15 is 0 Å². The van der Waals surface area contributed by atoms with Crippen LogP contribution in [-0.2, 0) is 0 Å². The molecule has 0 spiro atoms. The van der Waals surface area contributed by atoms with Gasteiger partial charge in [-0.3, -0.25) is 0 Å². The molecule has 0 bridgehead atoms. The van der Waals surface area contributed by atoms with Gasteiger partial charge >= 0.3 is 0 Å². The van der Waals surface area contributed by atoms with Gasteiger partial charge in [-0.15, -0.1) is 0 Å². The predicted molar refractivity (Wildman–Crippen MR) is 67.2 cm³/mol. The molecule has 0 unspecified atom stereocenters. The van der Waals surface area contributed by atoms with Gasteiger partial charge in [-0.05, 0) is 46.6 Å². The Labute approximate surface area is 95.2 Å². The largest absolute Gasteiger partial charge is 0.312 e. The Morgan fingerprint density at radius 1 is 1.07 bits per heavy atom. The molecule has 1 fully saturated rings. The summed E-state index contributed by atoms with van der Waals surface area (Å²) in [5.41, 5.74) is 0.244. The molecule has 0 aliphatic heterocycles. The van der Waals surface area contributed by atoms with Gasteiger partial charge in [0.05, 0.1) is 0 Å². The Morgan fingerprint density at radius 3 is 2.20 bits per heavy atom. The fraction of sp³-hybridized carbons (Fsp3) is 1.00. The van der Waals surface area contributed by atoms with E-state index in [-0.39, 0.29) is 5.54 Å². The lowest BCUT2D eigenvalue weighted by Gasteiger charge is -2.37. The molecule has 1 rings (SSSR count). The van der Waals surface area contributed by atoms with Gasteiger partial charge in [0.15, 0.2) is 0 Å². The smallest absolute Gasteiger partial charge is 0.0226 e. The predicted octanol–water partition coefficient (Wildman–Crippen LogP) is 2.69. The van der Waals surface area contributed by atoms with Gasteiger partial charge in [0, 0.05) is 17.6 Å². The highest BCUT2D eigenvalue weighted by molar-refractivity contribution is 4.89. The third kappa shape index (κ3) is 4.98. The zero-order valence-corrected chi connectivity index (χ0v) is 10.9. The van der Waals surface area contributed by atoms with E-state index in [2.05, 4.69) is 38.3 Å². The quantitative estimate of drug-likeness (QED) is 0.748. The van der Waals surface area contributed by atoms with Crippen molar-refractivity contribution in [3.63, 3.8) is 0 Å². The lowest BCUT2D eigenvalue weighted by molar-refractivity contribution is 0.238. The van der Waals surface area contributed by atoms with Gasteiger partial charge in [-0.1, -0.05) is 19.8 Å². The van der Waals surface area contributed by atoms with Crippen molar-refractivity contribution in [2.45, 2.75) is 77.4 Å². The van der Waals surface area contributed by atoms with E-state index in [4.69, 9.17) is 0 Å². The first kappa shape index (κ1) is 13.0. The van der Waals surface area contributed by atoms with Crippen LogP contribution < -0.4 is 10.6 Å². The van der Waals surface area contributed by atoms with Crippen molar-refractivity contribution in [2.24, 2.45) is 0 Å². The highest BCUT2D eigenvalue weighted by atomic mass is 15.1. The van der Waals surface area contributed by atoms with E-state index in [1.807, 2.05) is 0 Å². The Hall–Kier alpha value is -0.0800. The Morgan fingerprint density at radius 2 is 1.67 bits per heavy atom. The molecule has 0 amide bonds. The summed E-state index contributed by atoms with van der Waals surface area (Å²) in [5.74, 6) is 0. The van der Waals surface area contributed by atoms with Crippen LogP contribution in [0, 0.1) is 0 Å². The van der Waals surface area contributed by atoms with Crippen LogP contribution in [0.4, 0.5) is 0 Å². The number of rotatable bonds is 4. The second-order valence-corrected chi connectivity index (χ2v) is 5.85. The van der Waals surface area contributed by atoms with Crippen molar-refractivity contribution in [1.82, 2.24) is 10.6 Å². The minimum absolute atomic E-state index is 0.244. The Bertz CT molecular complexity index is 172. The first-order valence-corrected chi connectivity index (χ1v) is 6.54. The van der Waals surface area contributed by atoms with Gasteiger partial charge in [-0.2, -0.15) is 0 Å². The van der Waals surface area contributed by atoms with Crippen LogP contribution in [0.3, 0.4) is 0 Å². The first-order chi connectivity index (χ1) is 7.03. The Balaban J connectivity index is 2.42. The van der Waals surface area contributed by atoms with Gasteiger partial charge < -0.3 is 10.6 Å². The molecule has 2 N–H and O–H groups in total. The zero-order valence-electron chi connectivity index (χ0n) is 10.9. The second kappa shape index (κ2) is 5.86. The van der Waals surface area contributed by atoms with Crippen LogP contribution in [0.1, 0.15) is 59.8 Å². The molecule has 2 nitrogen and oxygen atoms in total. The molecule has 0 aromatic rings. The monoisotopic (exact) mass is 212 g/mol. The molecule has 2 atom stereocenters. The normalized spacial score (nSPS) is 28.0. The van der Waals surface area contributed by atoms with Crippen LogP contribution in [-0.4, -0.2) is 24.2 Å². The van der Waals surface area contributed by atoms with Crippen molar-refractivity contribution in [3.8, 4) is 0 Å². The van der Waals surface area contributed by atoms with E-state index in [1.54, 1.807) is 0 Å². The lowest BCUT2D eigenvalue weighted by atomic mass is 9.88. The first-order valence-electron chi connectivity index (χ1n) is 6.54. The maximum Gasteiger partial charge on any atom is 0.0226 e. The summed E-state index contributed by atoms with van der Waals surface area (Å²) in [6, 6.07) is 1.36. The van der Waals surface area contributed by atoms with Crippen molar-refractivity contribution in [3.05, 3.63) is 0 Å². The molecule has 1 aliphatic carbocycles. The van der Waals surface area contributed by atoms with Crippen LogP contribution in [0.2, 0.25) is 0 Å². The van der Waals surface area contributed by atoms with Gasteiger partial charge in [0.25, 0.3) is 0 Å². The SMILES string of the molecule is CCCN[C@H]1CCCC[C@@H]1NC(C)(C)C. The minimum Gasteiger partial charge on any atom is -0.312 e. The van der Waals surface area contributed by atoms with Crippen molar-refractivity contribution in [1.29, 1.82) is 0 Å². The number of hydrogen-bond acceptors (Lipinski definition) is 2. The minimum atomic E-state index is 0.244. The second-order valence-electron chi connectivity index (χ2n) is 5.85. The Kier molecular flexibility index (Phi) is 5.07. The van der Waals surface area contributed by atoms with Crippen molar-refractivity contribution in [2.75, 3.05) is 6.54 Å². The highest BCUT2D eigenvalue weighted by Gasteiger charge is 2.27. The summed E-state index contributed by atoms with van der Waals surface area (Å²) in [4.78, 5) is 0. The molecule has 0 aromatic heterocycles. The van der Waals surface area contributed by atoms with E-state index < -0.39 is 0 Å². The zero-order chi connectivity index (χ0) is 11.3. The van der Waals surface area contributed by atoms with E-state index in [9.17, 15) is 0 Å². The molecule has 90 valence electrons. The third-order valence-corrected chi connectivity index (χ3v) is 3.04. The maximum absolute atomic E-state index is 3.75. The van der Waals surface area contributed by atoms with Gasteiger partial charge in [0.1, 0.15) is 0 Å². The number of nitrogens with one attached hydrogen (secondary N) is 2. The lowest BCUT2D eigenvalue weighted by Crippen LogP contribution is -2.55. The molecule has 1 aliphatic rings. The molecule has 0 heterocycles. The summed E-state index contributed by atoms with van der Waals surface area (Å²) in [7, 11) is 0. The highest BCUT2D eigenvalue weighted by Crippen LogP contribution is 2.20. The standard InChI is InChI=1S/C13H28N2/c1-5-10-14-11-8-6-7-9-12(11)15-13(2,3)4/h11-12,14-15H,5-10H2,1-4H3/t11-,12-/m0/s1. The van der Waals surface area contributed by atoms with Crippen LogP contribution in [0.15, 0.2) is 0 Å². The van der Waals surface area contributed by atoms with Gasteiger partial charge in [-0.25, -0.2) is 0 Å². The molecular weight excluding hydrogens is 184 g/mol. The summed E-state index contributed by atoms with van der Waals surface area (Å²) in [6.45, 7) is 10.2. The molecule has 0 aromatic carbocycles. The van der Waals surface area contributed by atoms with Crippen LogP contribution >= 0.6 is 0 Å². The summed E-state index contributed by atoms with van der Waals surface area (Å²) in [5, 5.41) is 7.44. The molecule has 1 saturated carbocycles. The van der Waals surface area contributed by atoms with E-state index in [1.165, 1.54) is 32.1 Å². The molecular formula is C13H28N2. The van der Waals surface area contributed by atoms with Crippen LogP contribution in [0.5, 0.6) is 0 Å². The topological polar surface area (TPSA) is 24.1 Å². The molecule has 0 radical (unpaired) electrons. The number of hydrogen-bond donors (Lipinski definition) is 2.